The molecular formula is C27H29N5O5S2. The maximum atomic E-state index is 13.5. The van der Waals surface area contributed by atoms with Gasteiger partial charge in [0.25, 0.3) is 10.0 Å². The Bertz CT molecular complexity index is 1770. The number of hydrogen-bond donors (Lipinski definition) is 0. The van der Waals surface area contributed by atoms with Crippen molar-refractivity contribution < 1.29 is 21.6 Å². The molecule has 2 aliphatic rings. The van der Waals surface area contributed by atoms with Crippen molar-refractivity contribution in [3.05, 3.63) is 66.1 Å². The van der Waals surface area contributed by atoms with Crippen LogP contribution in [0.15, 0.2) is 59.8 Å². The quantitative estimate of drug-likeness (QED) is 0.356. The highest BCUT2D eigenvalue weighted by molar-refractivity contribution is 7.91. The molecule has 0 spiro atoms. The number of hydrogen-bond acceptors (Lipinski definition) is 9. The van der Waals surface area contributed by atoms with Crippen molar-refractivity contribution in [2.24, 2.45) is 0 Å². The zero-order valence-corrected chi connectivity index (χ0v) is 23.3. The summed E-state index contributed by atoms with van der Waals surface area (Å²) in [6, 6.07) is 11.9. The van der Waals surface area contributed by atoms with Crippen molar-refractivity contribution >= 4 is 36.7 Å². The summed E-state index contributed by atoms with van der Waals surface area (Å²) in [5, 5.41) is -0.140. The third-order valence-corrected chi connectivity index (χ3v) is 11.3. The molecule has 2 atom stereocenters. The summed E-state index contributed by atoms with van der Waals surface area (Å²) >= 11 is 0. The zero-order valence-electron chi connectivity index (χ0n) is 21.7. The highest BCUT2D eigenvalue weighted by atomic mass is 32.2. The van der Waals surface area contributed by atoms with Crippen LogP contribution in [0.3, 0.4) is 0 Å². The maximum Gasteiger partial charge on any atom is 0.269 e. The van der Waals surface area contributed by atoms with Crippen molar-refractivity contribution in [2.45, 2.75) is 42.9 Å². The highest BCUT2D eigenvalue weighted by Gasteiger charge is 2.35. The molecular weight excluding hydrogens is 538 g/mol. The molecule has 2 saturated heterocycles. The first-order valence-electron chi connectivity index (χ1n) is 12.9. The van der Waals surface area contributed by atoms with Crippen molar-refractivity contribution in [3.63, 3.8) is 0 Å². The Labute approximate surface area is 227 Å². The second-order valence-corrected chi connectivity index (χ2v) is 14.2. The van der Waals surface area contributed by atoms with Gasteiger partial charge >= 0.3 is 0 Å². The van der Waals surface area contributed by atoms with E-state index in [9.17, 15) is 16.8 Å². The number of pyridine rings is 1. The summed E-state index contributed by atoms with van der Waals surface area (Å²) in [4.78, 5) is 16.3. The fraction of sp³-hybridized carbons (Fsp3) is 0.370. The normalized spacial score (nSPS) is 21.4. The van der Waals surface area contributed by atoms with Crippen molar-refractivity contribution in [1.29, 1.82) is 0 Å². The average molecular weight is 568 g/mol. The number of rotatable bonds is 5. The van der Waals surface area contributed by atoms with Crippen molar-refractivity contribution in [3.8, 4) is 11.4 Å². The molecule has 0 N–H and O–H groups in total. The van der Waals surface area contributed by atoms with Crippen LogP contribution in [0.2, 0.25) is 0 Å². The molecule has 0 amide bonds. The van der Waals surface area contributed by atoms with Crippen LogP contribution in [0.5, 0.6) is 0 Å². The molecule has 1 aromatic carbocycles. The van der Waals surface area contributed by atoms with E-state index in [0.717, 1.165) is 9.54 Å². The number of fused-ring (bicyclic) bond motifs is 1. The van der Waals surface area contributed by atoms with Crippen LogP contribution in [0.25, 0.3) is 22.4 Å². The number of sulfone groups is 1. The Morgan fingerprint density at radius 1 is 1.08 bits per heavy atom. The van der Waals surface area contributed by atoms with Crippen LogP contribution in [0.1, 0.15) is 36.3 Å². The molecule has 2 aliphatic heterocycles. The topological polar surface area (TPSA) is 124 Å². The summed E-state index contributed by atoms with van der Waals surface area (Å²) in [6.07, 6.45) is 4.10. The minimum Gasteiger partial charge on any atom is -0.377 e. The SMILES string of the molecule is Cc1ccc(S(=O)(=O)n2ccc3c(-c4nc(C5CCCS5(=O)=O)cc(N5CCOCC5C)n4)ccnc32)cc1. The average Bonchev–Trinajstić information content (AvgIpc) is 3.52. The summed E-state index contributed by atoms with van der Waals surface area (Å²) < 4.78 is 59.4. The third-order valence-electron chi connectivity index (χ3n) is 7.43. The van der Waals surface area contributed by atoms with Gasteiger partial charge in [-0.25, -0.2) is 35.8 Å². The van der Waals surface area contributed by atoms with E-state index < -0.39 is 25.1 Å². The maximum absolute atomic E-state index is 13.5. The summed E-state index contributed by atoms with van der Waals surface area (Å²) in [7, 11) is -7.22. The molecule has 0 aliphatic carbocycles. The fourth-order valence-electron chi connectivity index (χ4n) is 5.30. The standard InChI is InChI=1S/C27H29N5O5S2/c1-18-5-7-20(8-6-18)39(35,36)32-12-10-22-21(9-11-28-27(22)32)26-29-23(24-4-3-15-38(24,33)34)16-25(30-26)31-13-14-37-17-19(31)2/h5-12,16,19,24H,3-4,13-15,17H2,1-2H3. The molecule has 3 aromatic heterocycles. The molecule has 2 unspecified atom stereocenters. The lowest BCUT2D eigenvalue weighted by molar-refractivity contribution is 0.0985. The predicted molar refractivity (Wildman–Crippen MR) is 148 cm³/mol. The van der Waals surface area contributed by atoms with Gasteiger partial charge in [0, 0.05) is 36.0 Å². The first-order valence-corrected chi connectivity index (χ1v) is 16.0. The predicted octanol–water partition coefficient (Wildman–Crippen LogP) is 3.51. The fourth-order valence-corrected chi connectivity index (χ4v) is 8.47. The van der Waals surface area contributed by atoms with Gasteiger partial charge in [-0.05, 0) is 51.0 Å². The van der Waals surface area contributed by atoms with Gasteiger partial charge in [0.05, 0.1) is 35.6 Å². The Kier molecular flexibility index (Phi) is 6.43. The summed E-state index contributed by atoms with van der Waals surface area (Å²) in [5.74, 6) is 1.10. The molecule has 0 radical (unpaired) electrons. The monoisotopic (exact) mass is 567 g/mol. The van der Waals surface area contributed by atoms with Crippen LogP contribution >= 0.6 is 0 Å². The smallest absolute Gasteiger partial charge is 0.269 e. The van der Waals surface area contributed by atoms with Crippen molar-refractivity contribution in [1.82, 2.24) is 18.9 Å². The zero-order chi connectivity index (χ0) is 27.4. The van der Waals surface area contributed by atoms with Gasteiger partial charge < -0.3 is 9.64 Å². The number of aryl methyl sites for hydroxylation is 1. The Hall–Kier alpha value is -3.35. The molecule has 0 bridgehead atoms. The third kappa shape index (κ3) is 4.60. The largest absolute Gasteiger partial charge is 0.377 e. The number of ether oxygens (including phenoxy) is 1. The number of nitrogens with zero attached hydrogens (tertiary/aromatic N) is 5. The van der Waals surface area contributed by atoms with E-state index >= 15 is 0 Å². The molecule has 5 heterocycles. The Morgan fingerprint density at radius 2 is 1.87 bits per heavy atom. The van der Waals surface area contributed by atoms with Gasteiger partial charge in [-0.2, -0.15) is 0 Å². The van der Waals surface area contributed by atoms with Gasteiger partial charge in [0.1, 0.15) is 11.1 Å². The molecule has 4 aromatic rings. The molecule has 0 saturated carbocycles. The van der Waals surface area contributed by atoms with Gasteiger partial charge in [0.15, 0.2) is 21.3 Å². The number of morpholine rings is 1. The molecule has 204 valence electrons. The van der Waals surface area contributed by atoms with Crippen LogP contribution < -0.4 is 4.90 Å². The van der Waals surface area contributed by atoms with E-state index in [1.165, 1.54) is 12.4 Å². The second kappa shape index (κ2) is 9.68. The molecule has 6 rings (SSSR count). The van der Waals surface area contributed by atoms with Gasteiger partial charge in [-0.1, -0.05) is 17.7 Å². The summed E-state index contributed by atoms with van der Waals surface area (Å²) in [5.41, 5.74) is 2.25. The van der Waals surface area contributed by atoms with Crippen LogP contribution in [-0.4, -0.2) is 67.3 Å². The Balaban J connectivity index is 1.51. The summed E-state index contributed by atoms with van der Waals surface area (Å²) in [6.45, 7) is 5.63. The molecule has 12 heteroatoms. The first kappa shape index (κ1) is 25.9. The van der Waals surface area contributed by atoms with E-state index in [-0.39, 0.29) is 22.3 Å². The van der Waals surface area contributed by atoms with E-state index in [1.807, 2.05) is 13.8 Å². The van der Waals surface area contributed by atoms with Crippen LogP contribution in [-0.2, 0) is 24.6 Å². The first-order chi connectivity index (χ1) is 18.6. The van der Waals surface area contributed by atoms with Gasteiger partial charge in [0.2, 0.25) is 0 Å². The lowest BCUT2D eigenvalue weighted by Crippen LogP contribution is -2.44. The molecule has 39 heavy (non-hydrogen) atoms. The van der Waals surface area contributed by atoms with E-state index in [4.69, 9.17) is 14.7 Å². The molecule has 10 nitrogen and oxygen atoms in total. The number of benzene rings is 1. The van der Waals surface area contributed by atoms with E-state index in [1.54, 1.807) is 42.5 Å². The van der Waals surface area contributed by atoms with E-state index in [2.05, 4.69) is 9.88 Å². The van der Waals surface area contributed by atoms with Gasteiger partial charge in [-0.15, -0.1) is 0 Å². The van der Waals surface area contributed by atoms with E-state index in [0.29, 0.717) is 60.9 Å². The van der Waals surface area contributed by atoms with Crippen molar-refractivity contribution in [2.75, 3.05) is 30.4 Å². The van der Waals surface area contributed by atoms with Gasteiger partial charge in [-0.3, -0.25) is 0 Å². The lowest BCUT2D eigenvalue weighted by Gasteiger charge is -2.34. The highest BCUT2D eigenvalue weighted by Crippen LogP contribution is 2.37. The lowest BCUT2D eigenvalue weighted by atomic mass is 10.1. The second-order valence-electron chi connectivity index (χ2n) is 10.1. The Morgan fingerprint density at radius 3 is 2.59 bits per heavy atom. The van der Waals surface area contributed by atoms with Crippen LogP contribution in [0.4, 0.5) is 5.82 Å². The number of aromatic nitrogens is 4. The minimum absolute atomic E-state index is 0.0488. The molecule has 2 fully saturated rings. The van der Waals surface area contributed by atoms with Crippen LogP contribution in [0, 0.1) is 6.92 Å². The minimum atomic E-state index is -3.90. The number of anilines is 1.